The number of hydrogen-bond acceptors (Lipinski definition) is 5. The van der Waals surface area contributed by atoms with E-state index in [9.17, 15) is 14.4 Å². The fraction of sp³-hybridized carbons (Fsp3) is 0.167. The van der Waals surface area contributed by atoms with Crippen LogP contribution in [0, 0.1) is 0 Å². The van der Waals surface area contributed by atoms with Crippen LogP contribution in [0.1, 0.15) is 12.5 Å². The van der Waals surface area contributed by atoms with E-state index in [2.05, 4.69) is 10.3 Å². The van der Waals surface area contributed by atoms with Gasteiger partial charge in [-0.05, 0) is 36.6 Å². The molecular formula is C24H20ClN3O3S. The van der Waals surface area contributed by atoms with E-state index in [4.69, 9.17) is 11.6 Å². The van der Waals surface area contributed by atoms with Crippen LogP contribution in [0.25, 0.3) is 21.3 Å². The predicted octanol–water partition coefficient (Wildman–Crippen LogP) is 4.09. The zero-order chi connectivity index (χ0) is 22.7. The predicted molar refractivity (Wildman–Crippen MR) is 127 cm³/mol. The third-order valence-corrected chi connectivity index (χ3v) is 6.28. The Hall–Kier alpha value is -3.29. The number of aromatic nitrogens is 2. The Morgan fingerprint density at radius 3 is 2.53 bits per heavy atom. The Morgan fingerprint density at radius 2 is 1.84 bits per heavy atom. The molecule has 0 radical (unpaired) electrons. The Kier molecular flexibility index (Phi) is 6.48. The maximum absolute atomic E-state index is 13.2. The molecule has 8 heteroatoms. The Morgan fingerprint density at radius 1 is 1.12 bits per heavy atom. The van der Waals surface area contributed by atoms with Crippen LogP contribution in [0.15, 0.2) is 71.1 Å². The summed E-state index contributed by atoms with van der Waals surface area (Å²) in [5, 5.41) is 5.69. The molecule has 2 aromatic heterocycles. The number of hydrogen-bond donors (Lipinski definition) is 1. The number of fused-ring (bicyclic) bond motifs is 1. The van der Waals surface area contributed by atoms with Crippen LogP contribution in [0.5, 0.6) is 0 Å². The minimum absolute atomic E-state index is 0.147. The average molecular weight is 466 g/mol. The molecule has 6 nitrogen and oxygen atoms in total. The summed E-state index contributed by atoms with van der Waals surface area (Å²) in [6.45, 7) is 1.22. The zero-order valence-corrected chi connectivity index (χ0v) is 18.8. The molecule has 0 aliphatic rings. The van der Waals surface area contributed by atoms with Crippen LogP contribution in [-0.2, 0) is 22.6 Å². The molecule has 162 valence electrons. The fourth-order valence-corrected chi connectivity index (χ4v) is 4.50. The molecule has 0 unspecified atom stereocenters. The highest BCUT2D eigenvalue weighted by Crippen LogP contribution is 2.31. The van der Waals surface area contributed by atoms with Gasteiger partial charge in [-0.1, -0.05) is 54.1 Å². The van der Waals surface area contributed by atoms with Gasteiger partial charge in [-0.2, -0.15) is 0 Å². The highest BCUT2D eigenvalue weighted by atomic mass is 35.5. The largest absolute Gasteiger partial charge is 0.344 e. The van der Waals surface area contributed by atoms with Crippen molar-refractivity contribution in [2.75, 3.05) is 0 Å². The molecule has 0 saturated heterocycles. The summed E-state index contributed by atoms with van der Waals surface area (Å²) >= 11 is 7.34. The number of halogens is 1. The first kappa shape index (κ1) is 21.9. The molecule has 1 N–H and O–H groups in total. The molecular weight excluding hydrogens is 446 g/mol. The van der Waals surface area contributed by atoms with Crippen molar-refractivity contribution < 1.29 is 9.59 Å². The second-order valence-corrected chi connectivity index (χ2v) is 8.73. The van der Waals surface area contributed by atoms with E-state index >= 15 is 0 Å². The number of nitrogens with zero attached hydrogens (tertiary/aromatic N) is 2. The zero-order valence-electron chi connectivity index (χ0n) is 17.2. The fourth-order valence-electron chi connectivity index (χ4n) is 3.46. The van der Waals surface area contributed by atoms with Gasteiger partial charge in [0.1, 0.15) is 11.4 Å². The van der Waals surface area contributed by atoms with Crippen molar-refractivity contribution in [3.05, 3.63) is 87.2 Å². The van der Waals surface area contributed by atoms with E-state index in [1.165, 1.54) is 29.2 Å². The van der Waals surface area contributed by atoms with Gasteiger partial charge < -0.3 is 5.32 Å². The van der Waals surface area contributed by atoms with Gasteiger partial charge in [0.15, 0.2) is 5.78 Å². The Balaban J connectivity index is 1.57. The molecule has 2 heterocycles. The lowest BCUT2D eigenvalue weighted by Crippen LogP contribution is -2.43. The van der Waals surface area contributed by atoms with Gasteiger partial charge in [-0.25, -0.2) is 4.98 Å². The van der Waals surface area contributed by atoms with Crippen molar-refractivity contribution in [3.8, 4) is 11.1 Å². The Labute approximate surface area is 193 Å². The molecule has 4 rings (SSSR count). The third kappa shape index (κ3) is 4.79. The summed E-state index contributed by atoms with van der Waals surface area (Å²) in [6.07, 6.45) is 1.76. The lowest BCUT2D eigenvalue weighted by Gasteiger charge is -2.16. The summed E-state index contributed by atoms with van der Waals surface area (Å²) < 4.78 is 1.27. The van der Waals surface area contributed by atoms with E-state index in [0.29, 0.717) is 21.7 Å². The molecule has 0 fully saturated rings. The minimum atomic E-state index is -0.664. The van der Waals surface area contributed by atoms with Crippen LogP contribution in [0.2, 0.25) is 5.02 Å². The van der Waals surface area contributed by atoms with Gasteiger partial charge in [0.2, 0.25) is 5.91 Å². The lowest BCUT2D eigenvalue weighted by molar-refractivity contribution is -0.127. The number of thiophene rings is 1. The number of carbonyl (C=O) groups is 2. The summed E-state index contributed by atoms with van der Waals surface area (Å²) in [5.74, 6) is -0.571. The highest BCUT2D eigenvalue weighted by Gasteiger charge is 2.19. The molecule has 0 bridgehead atoms. The SMILES string of the molecule is CC(=O)[C@H](Cc1ccccc1)NC(=O)Cn1cnc2scc(-c3ccc(Cl)cc3)c2c1=O. The van der Waals surface area contributed by atoms with Crippen molar-refractivity contribution in [3.63, 3.8) is 0 Å². The van der Waals surface area contributed by atoms with Crippen molar-refractivity contribution >= 4 is 44.8 Å². The first-order chi connectivity index (χ1) is 15.4. The molecule has 32 heavy (non-hydrogen) atoms. The van der Waals surface area contributed by atoms with Crippen molar-refractivity contribution in [1.82, 2.24) is 14.9 Å². The monoisotopic (exact) mass is 465 g/mol. The second kappa shape index (κ2) is 9.46. The average Bonchev–Trinajstić information content (AvgIpc) is 3.21. The number of rotatable bonds is 7. The number of Topliss-reactive ketones (excluding diaryl/α,β-unsaturated/α-hetero) is 1. The maximum Gasteiger partial charge on any atom is 0.263 e. The third-order valence-electron chi connectivity index (χ3n) is 5.14. The van der Waals surface area contributed by atoms with E-state index in [-0.39, 0.29) is 17.9 Å². The van der Waals surface area contributed by atoms with Crippen molar-refractivity contribution in [2.24, 2.45) is 0 Å². The van der Waals surface area contributed by atoms with E-state index in [1.54, 1.807) is 12.1 Å². The second-order valence-electron chi connectivity index (χ2n) is 7.43. The van der Waals surface area contributed by atoms with Gasteiger partial charge in [-0.3, -0.25) is 19.0 Å². The lowest BCUT2D eigenvalue weighted by atomic mass is 10.0. The van der Waals surface area contributed by atoms with Crippen LogP contribution in [0.3, 0.4) is 0 Å². The molecule has 0 saturated carbocycles. The van der Waals surface area contributed by atoms with E-state index in [0.717, 1.165) is 16.7 Å². The summed E-state index contributed by atoms with van der Waals surface area (Å²) in [5.41, 5.74) is 2.23. The number of nitrogens with one attached hydrogen (secondary N) is 1. The summed E-state index contributed by atoms with van der Waals surface area (Å²) in [7, 11) is 0. The molecule has 0 spiro atoms. The molecule has 1 atom stereocenters. The normalized spacial score (nSPS) is 11.9. The molecule has 2 aromatic carbocycles. The Bertz CT molecular complexity index is 1330. The molecule has 0 aliphatic carbocycles. The number of carbonyl (C=O) groups excluding carboxylic acids is 2. The first-order valence-electron chi connectivity index (χ1n) is 9.98. The topological polar surface area (TPSA) is 81.1 Å². The van der Waals surface area contributed by atoms with Gasteiger partial charge in [-0.15, -0.1) is 11.3 Å². The van der Waals surface area contributed by atoms with Crippen LogP contribution >= 0.6 is 22.9 Å². The van der Waals surface area contributed by atoms with Crippen LogP contribution in [-0.4, -0.2) is 27.3 Å². The van der Waals surface area contributed by atoms with E-state index < -0.39 is 11.9 Å². The first-order valence-corrected chi connectivity index (χ1v) is 11.2. The van der Waals surface area contributed by atoms with Gasteiger partial charge in [0.05, 0.1) is 17.8 Å². The van der Waals surface area contributed by atoms with Crippen LogP contribution < -0.4 is 10.9 Å². The molecule has 1 amide bonds. The molecule has 0 aliphatic heterocycles. The quantitative estimate of drug-likeness (QED) is 0.445. The van der Waals surface area contributed by atoms with Gasteiger partial charge >= 0.3 is 0 Å². The standard InChI is InChI=1S/C24H20ClN3O3S/c1-15(29)20(11-16-5-3-2-4-6-16)27-21(30)12-28-14-26-23-22(24(28)31)19(13-32-23)17-7-9-18(25)10-8-17/h2-10,13-14,20H,11-12H2,1H3,(H,27,30)/t20-/m0/s1. The number of benzene rings is 2. The summed E-state index contributed by atoms with van der Waals surface area (Å²) in [6, 6.07) is 16.0. The minimum Gasteiger partial charge on any atom is -0.344 e. The maximum atomic E-state index is 13.2. The van der Waals surface area contributed by atoms with Crippen molar-refractivity contribution in [1.29, 1.82) is 0 Å². The number of amides is 1. The summed E-state index contributed by atoms with van der Waals surface area (Å²) in [4.78, 5) is 42.8. The highest BCUT2D eigenvalue weighted by molar-refractivity contribution is 7.17. The smallest absolute Gasteiger partial charge is 0.263 e. The van der Waals surface area contributed by atoms with E-state index in [1.807, 2.05) is 47.8 Å². The van der Waals surface area contributed by atoms with Crippen LogP contribution in [0.4, 0.5) is 0 Å². The van der Waals surface area contributed by atoms with Gasteiger partial charge in [0.25, 0.3) is 5.56 Å². The van der Waals surface area contributed by atoms with Gasteiger partial charge in [0, 0.05) is 16.0 Å². The molecule has 4 aromatic rings. The van der Waals surface area contributed by atoms with Crippen molar-refractivity contribution in [2.45, 2.75) is 25.9 Å². The number of ketones is 1.